The fourth-order valence-corrected chi connectivity index (χ4v) is 1.54. The molecular weight excluding hydrogens is 212 g/mol. The van der Waals surface area contributed by atoms with Gasteiger partial charge < -0.3 is 10.2 Å². The lowest BCUT2D eigenvalue weighted by Gasteiger charge is -2.20. The molecule has 0 aliphatic heterocycles. The van der Waals surface area contributed by atoms with Gasteiger partial charge in [-0.05, 0) is 7.05 Å². The van der Waals surface area contributed by atoms with E-state index >= 15 is 0 Å². The van der Waals surface area contributed by atoms with Crippen LogP contribution in [0.1, 0.15) is 31.3 Å². The first-order chi connectivity index (χ1) is 8.10. The first-order valence-corrected chi connectivity index (χ1v) is 5.75. The van der Waals surface area contributed by atoms with E-state index in [0.717, 1.165) is 17.2 Å². The van der Waals surface area contributed by atoms with Crippen LogP contribution in [0.4, 0.5) is 5.69 Å². The maximum atomic E-state index is 5.32. The Balaban J connectivity index is 3.08. The summed E-state index contributed by atoms with van der Waals surface area (Å²) in [5.74, 6) is 3.82. The first-order valence-electron chi connectivity index (χ1n) is 5.75. The second-order valence-corrected chi connectivity index (χ2v) is 4.31. The normalized spacial score (nSPS) is 10.4. The highest BCUT2D eigenvalue weighted by Crippen LogP contribution is 2.19. The molecule has 0 aliphatic carbocycles. The molecule has 4 nitrogen and oxygen atoms in total. The van der Waals surface area contributed by atoms with Gasteiger partial charge in [-0.25, -0.2) is 9.97 Å². The lowest BCUT2D eigenvalue weighted by molar-refractivity contribution is 0.723. The Morgan fingerprint density at radius 1 is 1.53 bits per heavy atom. The molecule has 4 heteroatoms. The van der Waals surface area contributed by atoms with Crippen molar-refractivity contribution in [3.63, 3.8) is 0 Å². The first kappa shape index (κ1) is 13.5. The monoisotopic (exact) mass is 232 g/mol. The Morgan fingerprint density at radius 3 is 2.76 bits per heavy atom. The highest BCUT2D eigenvalue weighted by molar-refractivity contribution is 5.49. The molecule has 1 heterocycles. The summed E-state index contributed by atoms with van der Waals surface area (Å²) in [6, 6.07) is 0. The minimum absolute atomic E-state index is 0.331. The van der Waals surface area contributed by atoms with E-state index in [1.165, 1.54) is 0 Å². The number of nitrogens with zero attached hydrogens (tertiary/aromatic N) is 3. The molecule has 0 aliphatic rings. The molecule has 17 heavy (non-hydrogen) atoms. The van der Waals surface area contributed by atoms with Crippen LogP contribution in [0.3, 0.4) is 0 Å². The maximum Gasteiger partial charge on any atom is 0.131 e. The molecule has 0 radical (unpaired) electrons. The summed E-state index contributed by atoms with van der Waals surface area (Å²) < 4.78 is 0. The van der Waals surface area contributed by atoms with Crippen LogP contribution in [0.5, 0.6) is 0 Å². The molecule has 1 aromatic rings. The molecule has 0 aromatic carbocycles. The Labute approximate surface area is 103 Å². The van der Waals surface area contributed by atoms with E-state index in [2.05, 4.69) is 35.1 Å². The van der Waals surface area contributed by atoms with Gasteiger partial charge in [0.2, 0.25) is 0 Å². The van der Waals surface area contributed by atoms with Crippen LogP contribution in [0.15, 0.2) is 6.20 Å². The summed E-state index contributed by atoms with van der Waals surface area (Å²) in [5.41, 5.74) is 1.98. The molecule has 0 saturated heterocycles. The van der Waals surface area contributed by atoms with Gasteiger partial charge in [0.15, 0.2) is 0 Å². The summed E-state index contributed by atoms with van der Waals surface area (Å²) in [5, 5.41) is 3.12. The largest absolute Gasteiger partial charge is 0.361 e. The van der Waals surface area contributed by atoms with Crippen LogP contribution in [0.2, 0.25) is 0 Å². The predicted molar refractivity (Wildman–Crippen MR) is 71.0 cm³/mol. The van der Waals surface area contributed by atoms with Crippen LogP contribution >= 0.6 is 0 Å². The van der Waals surface area contributed by atoms with Gasteiger partial charge in [0.05, 0.1) is 24.1 Å². The summed E-state index contributed by atoms with van der Waals surface area (Å²) in [4.78, 5) is 10.9. The summed E-state index contributed by atoms with van der Waals surface area (Å²) in [6.45, 7) is 5.44. The van der Waals surface area contributed by atoms with E-state index in [0.29, 0.717) is 19.0 Å². The number of rotatable bonds is 5. The van der Waals surface area contributed by atoms with Crippen molar-refractivity contribution in [1.82, 2.24) is 15.3 Å². The SMILES string of the molecule is C#CCN(C)c1cnc(C(C)C)nc1CNC. The molecule has 1 aromatic heterocycles. The van der Waals surface area contributed by atoms with Crippen LogP contribution in [0.25, 0.3) is 0 Å². The second-order valence-electron chi connectivity index (χ2n) is 4.31. The molecule has 0 amide bonds. The molecule has 0 unspecified atom stereocenters. The van der Waals surface area contributed by atoms with Crippen molar-refractivity contribution in [3.8, 4) is 12.3 Å². The molecule has 0 spiro atoms. The van der Waals surface area contributed by atoms with Crippen molar-refractivity contribution in [3.05, 3.63) is 17.7 Å². The highest BCUT2D eigenvalue weighted by atomic mass is 15.1. The fraction of sp³-hybridized carbons (Fsp3) is 0.538. The Hall–Kier alpha value is -1.60. The van der Waals surface area contributed by atoms with Crippen LogP contribution in [-0.2, 0) is 6.54 Å². The van der Waals surface area contributed by atoms with Gasteiger partial charge in [-0.2, -0.15) is 0 Å². The zero-order valence-electron chi connectivity index (χ0n) is 11.0. The van der Waals surface area contributed by atoms with Crippen molar-refractivity contribution in [2.75, 3.05) is 25.5 Å². The molecule has 0 fully saturated rings. The van der Waals surface area contributed by atoms with Gasteiger partial charge in [0.25, 0.3) is 0 Å². The topological polar surface area (TPSA) is 41.1 Å². The van der Waals surface area contributed by atoms with Gasteiger partial charge in [-0.1, -0.05) is 19.8 Å². The van der Waals surface area contributed by atoms with E-state index in [9.17, 15) is 0 Å². The second kappa shape index (κ2) is 6.21. The van der Waals surface area contributed by atoms with Crippen LogP contribution in [-0.4, -0.2) is 30.6 Å². The highest BCUT2D eigenvalue weighted by Gasteiger charge is 2.11. The summed E-state index contributed by atoms with van der Waals surface area (Å²) in [6.07, 6.45) is 7.17. The summed E-state index contributed by atoms with van der Waals surface area (Å²) >= 11 is 0. The van der Waals surface area contributed by atoms with Gasteiger partial charge in [-0.3, -0.25) is 0 Å². The van der Waals surface area contributed by atoms with Crippen molar-refractivity contribution in [2.24, 2.45) is 0 Å². The lowest BCUT2D eigenvalue weighted by atomic mass is 10.2. The molecular formula is C13H20N4. The molecule has 0 saturated carbocycles. The minimum Gasteiger partial charge on any atom is -0.361 e. The van der Waals surface area contributed by atoms with Crippen LogP contribution < -0.4 is 10.2 Å². The third-order valence-corrected chi connectivity index (χ3v) is 2.46. The molecule has 92 valence electrons. The van der Waals surface area contributed by atoms with E-state index in [-0.39, 0.29) is 0 Å². The Bertz CT molecular complexity index is 406. The Morgan fingerprint density at radius 2 is 2.24 bits per heavy atom. The number of aromatic nitrogens is 2. The third kappa shape index (κ3) is 3.43. The zero-order valence-corrected chi connectivity index (χ0v) is 11.0. The van der Waals surface area contributed by atoms with Crippen molar-refractivity contribution in [1.29, 1.82) is 0 Å². The van der Waals surface area contributed by atoms with Crippen molar-refractivity contribution >= 4 is 5.69 Å². The van der Waals surface area contributed by atoms with E-state index in [4.69, 9.17) is 6.42 Å². The van der Waals surface area contributed by atoms with Crippen molar-refractivity contribution in [2.45, 2.75) is 26.3 Å². The number of nitrogens with one attached hydrogen (secondary N) is 1. The molecule has 1 N–H and O–H groups in total. The summed E-state index contributed by atoms with van der Waals surface area (Å²) in [7, 11) is 3.86. The quantitative estimate of drug-likeness (QED) is 0.779. The maximum absolute atomic E-state index is 5.32. The lowest BCUT2D eigenvalue weighted by Crippen LogP contribution is -2.22. The molecule has 0 atom stereocenters. The van der Waals surface area contributed by atoms with E-state index in [1.54, 1.807) is 0 Å². The van der Waals surface area contributed by atoms with E-state index in [1.807, 2.05) is 25.2 Å². The zero-order chi connectivity index (χ0) is 12.8. The van der Waals surface area contributed by atoms with Crippen molar-refractivity contribution < 1.29 is 0 Å². The van der Waals surface area contributed by atoms with Gasteiger partial charge in [-0.15, -0.1) is 6.42 Å². The smallest absolute Gasteiger partial charge is 0.131 e. The third-order valence-electron chi connectivity index (χ3n) is 2.46. The minimum atomic E-state index is 0.331. The van der Waals surface area contributed by atoms with E-state index < -0.39 is 0 Å². The fourth-order valence-electron chi connectivity index (χ4n) is 1.54. The van der Waals surface area contributed by atoms with Crippen LogP contribution in [0, 0.1) is 12.3 Å². The number of terminal acetylenes is 1. The molecule has 1 rings (SSSR count). The standard InChI is InChI=1S/C13H20N4/c1-6-7-17(5)12-9-15-13(10(2)3)16-11(12)8-14-4/h1,9-10,14H,7-8H2,2-5H3. The van der Waals surface area contributed by atoms with Gasteiger partial charge >= 0.3 is 0 Å². The average molecular weight is 232 g/mol. The predicted octanol–water partition coefficient (Wildman–Crippen LogP) is 1.39. The molecule has 0 bridgehead atoms. The number of anilines is 1. The van der Waals surface area contributed by atoms with Gasteiger partial charge in [0.1, 0.15) is 5.82 Å². The number of hydrogen-bond donors (Lipinski definition) is 1. The Kier molecular flexibility index (Phi) is 4.92. The van der Waals surface area contributed by atoms with Gasteiger partial charge in [0, 0.05) is 19.5 Å². The average Bonchev–Trinajstić information content (AvgIpc) is 2.29. The number of hydrogen-bond acceptors (Lipinski definition) is 4.